The molecule has 0 spiro atoms. The predicted molar refractivity (Wildman–Crippen MR) is 101 cm³/mol. The first kappa shape index (κ1) is 16.3. The van der Waals surface area contributed by atoms with Gasteiger partial charge in [0.25, 0.3) is 0 Å². The predicted octanol–water partition coefficient (Wildman–Crippen LogP) is 2.45. The quantitative estimate of drug-likeness (QED) is 0.210. The molecule has 0 atom stereocenters. The van der Waals surface area contributed by atoms with Crippen molar-refractivity contribution in [1.29, 1.82) is 5.41 Å². The number of aromatic nitrogens is 3. The molecule has 134 valence electrons. The first-order valence-electron chi connectivity index (χ1n) is 7.92. The van der Waals surface area contributed by atoms with E-state index in [9.17, 15) is 15.3 Å². The average Bonchev–Trinajstić information content (AvgIpc) is 3.06. The van der Waals surface area contributed by atoms with Crippen LogP contribution >= 0.6 is 0 Å². The number of hydrogen-bond donors (Lipinski definition) is 5. The van der Waals surface area contributed by atoms with Crippen LogP contribution in [0.1, 0.15) is 0 Å². The normalized spacial score (nSPS) is 15.0. The lowest BCUT2D eigenvalue weighted by Gasteiger charge is -2.13. The van der Waals surface area contributed by atoms with E-state index in [-0.39, 0.29) is 17.1 Å². The summed E-state index contributed by atoms with van der Waals surface area (Å²) < 4.78 is 0. The van der Waals surface area contributed by atoms with E-state index in [1.54, 1.807) is 48.6 Å². The topological polar surface area (TPSA) is 140 Å². The molecule has 9 nitrogen and oxygen atoms in total. The molecule has 3 aromatic rings. The van der Waals surface area contributed by atoms with Crippen LogP contribution in [0.4, 0.5) is 5.69 Å². The van der Waals surface area contributed by atoms with Crippen LogP contribution in [0.5, 0.6) is 17.2 Å². The molecule has 0 unspecified atom stereocenters. The summed E-state index contributed by atoms with van der Waals surface area (Å²) >= 11 is 0. The molecule has 9 heteroatoms. The van der Waals surface area contributed by atoms with Gasteiger partial charge in [-0.2, -0.15) is 5.10 Å². The van der Waals surface area contributed by atoms with E-state index in [1.807, 2.05) is 0 Å². The van der Waals surface area contributed by atoms with Crippen molar-refractivity contribution in [2.75, 3.05) is 5.43 Å². The van der Waals surface area contributed by atoms with Gasteiger partial charge in [0.05, 0.1) is 5.71 Å². The lowest BCUT2D eigenvalue weighted by molar-refractivity contribution is 0.422. The summed E-state index contributed by atoms with van der Waals surface area (Å²) in [6, 6.07) is 8.12. The number of fused-ring (bicyclic) bond motifs is 1. The van der Waals surface area contributed by atoms with Crippen molar-refractivity contribution in [2.45, 2.75) is 0 Å². The zero-order valence-electron chi connectivity index (χ0n) is 13.8. The van der Waals surface area contributed by atoms with Gasteiger partial charge in [-0.05, 0) is 24.3 Å². The van der Waals surface area contributed by atoms with Gasteiger partial charge in [0.1, 0.15) is 28.2 Å². The molecule has 1 aliphatic carbocycles. The number of rotatable bonds is 3. The molecule has 0 aliphatic heterocycles. The number of phenols is 3. The monoisotopic (exact) mass is 362 g/mol. The van der Waals surface area contributed by atoms with Crippen molar-refractivity contribution in [3.8, 4) is 22.9 Å². The van der Waals surface area contributed by atoms with E-state index in [0.29, 0.717) is 16.7 Å². The number of aromatic hydroxyl groups is 3. The Bertz CT molecular complexity index is 1130. The van der Waals surface area contributed by atoms with Crippen LogP contribution in [0.3, 0.4) is 0 Å². The van der Waals surface area contributed by atoms with Crippen LogP contribution in [0, 0.1) is 5.41 Å². The fraction of sp³-hybridized carbons (Fsp3) is 0. The number of allylic oxidation sites excluding steroid dienone is 4. The minimum atomic E-state index is -0.487. The zero-order valence-corrected chi connectivity index (χ0v) is 13.8. The molecular formula is C18H14N6O3. The van der Waals surface area contributed by atoms with Crippen LogP contribution in [-0.2, 0) is 0 Å². The molecule has 1 aromatic heterocycles. The Morgan fingerprint density at radius 3 is 2.30 bits per heavy atom. The molecule has 5 N–H and O–H groups in total. The zero-order chi connectivity index (χ0) is 19.0. The maximum Gasteiger partial charge on any atom is 0.176 e. The summed E-state index contributed by atoms with van der Waals surface area (Å²) in [6.45, 7) is 0. The van der Waals surface area contributed by atoms with Crippen molar-refractivity contribution in [2.24, 2.45) is 5.10 Å². The third-order valence-corrected chi connectivity index (χ3v) is 3.91. The Morgan fingerprint density at radius 1 is 0.963 bits per heavy atom. The van der Waals surface area contributed by atoms with Crippen molar-refractivity contribution >= 4 is 28.1 Å². The highest BCUT2D eigenvalue weighted by Crippen LogP contribution is 2.43. The van der Waals surface area contributed by atoms with E-state index in [1.165, 1.54) is 0 Å². The van der Waals surface area contributed by atoms with Crippen LogP contribution in [0.15, 0.2) is 59.7 Å². The molecule has 0 saturated heterocycles. The van der Waals surface area contributed by atoms with E-state index in [4.69, 9.17) is 5.41 Å². The molecule has 27 heavy (non-hydrogen) atoms. The van der Waals surface area contributed by atoms with E-state index in [2.05, 4.69) is 20.7 Å². The van der Waals surface area contributed by atoms with Crippen molar-refractivity contribution in [3.63, 3.8) is 0 Å². The molecule has 2 aromatic carbocycles. The number of phenolic OH excluding ortho intramolecular Hbond substituents is 3. The summed E-state index contributed by atoms with van der Waals surface area (Å²) in [7, 11) is 0. The Hall–Kier alpha value is -4.14. The molecule has 0 saturated carbocycles. The molecule has 0 fully saturated rings. The van der Waals surface area contributed by atoms with Gasteiger partial charge in [0.2, 0.25) is 0 Å². The molecule has 1 aliphatic rings. The average molecular weight is 362 g/mol. The van der Waals surface area contributed by atoms with Gasteiger partial charge in [0.15, 0.2) is 17.2 Å². The second kappa shape index (κ2) is 6.30. The lowest BCUT2D eigenvalue weighted by Crippen LogP contribution is -2.12. The minimum Gasteiger partial charge on any atom is -0.505 e. The molecule has 4 rings (SSSR count). The highest BCUT2D eigenvalue weighted by molar-refractivity contribution is 6.50. The van der Waals surface area contributed by atoms with E-state index < -0.39 is 17.2 Å². The van der Waals surface area contributed by atoms with Gasteiger partial charge in [-0.3, -0.25) is 10.8 Å². The van der Waals surface area contributed by atoms with E-state index in [0.717, 1.165) is 10.9 Å². The Balaban J connectivity index is 1.78. The SMILES string of the molecule is N=C1C=CC=C/C1=N/Nc1c(O)cc(O)c(-n2nc3ccccc3n2)c1O. The number of hydrogen-bond acceptors (Lipinski definition) is 8. The lowest BCUT2D eigenvalue weighted by atomic mass is 10.1. The third kappa shape index (κ3) is 2.86. The van der Waals surface area contributed by atoms with Gasteiger partial charge >= 0.3 is 0 Å². The van der Waals surface area contributed by atoms with Crippen LogP contribution in [0.2, 0.25) is 0 Å². The minimum absolute atomic E-state index is 0.110. The number of hydrazone groups is 1. The van der Waals surface area contributed by atoms with Crippen molar-refractivity contribution in [3.05, 3.63) is 54.6 Å². The number of nitrogens with zero attached hydrogens (tertiary/aromatic N) is 4. The van der Waals surface area contributed by atoms with Crippen molar-refractivity contribution in [1.82, 2.24) is 15.0 Å². The Morgan fingerprint density at radius 2 is 1.63 bits per heavy atom. The van der Waals surface area contributed by atoms with Crippen molar-refractivity contribution < 1.29 is 15.3 Å². The second-order valence-corrected chi connectivity index (χ2v) is 5.71. The van der Waals surface area contributed by atoms with Gasteiger partial charge < -0.3 is 15.3 Å². The maximum absolute atomic E-state index is 10.6. The van der Waals surface area contributed by atoms with Gasteiger partial charge in [-0.25, -0.2) is 0 Å². The summed E-state index contributed by atoms with van der Waals surface area (Å²) in [5.74, 6) is -1.31. The number of benzene rings is 2. The van der Waals surface area contributed by atoms with Crippen LogP contribution in [0.25, 0.3) is 16.7 Å². The first-order valence-corrected chi connectivity index (χ1v) is 7.92. The summed E-state index contributed by atoms with van der Waals surface area (Å²) in [5.41, 5.74) is 3.91. The first-order chi connectivity index (χ1) is 13.0. The number of nitrogens with one attached hydrogen (secondary N) is 2. The van der Waals surface area contributed by atoms with Crippen LogP contribution < -0.4 is 5.43 Å². The summed E-state index contributed by atoms with van der Waals surface area (Å²) in [5, 5.41) is 51.1. The fourth-order valence-electron chi connectivity index (χ4n) is 2.59. The summed E-state index contributed by atoms with van der Waals surface area (Å²) in [6.07, 6.45) is 6.57. The largest absolute Gasteiger partial charge is 0.505 e. The Kier molecular flexibility index (Phi) is 3.81. The standard InChI is InChI=1S/C18H14N6O3/c19-10-5-1-2-6-11(10)20-21-16-14(25)9-15(26)17(18(16)27)24-22-12-7-3-4-8-13(12)23-24/h1-9,19,21,25-27H/b19-10?,20-11-. The van der Waals surface area contributed by atoms with Crippen LogP contribution in [-0.4, -0.2) is 41.7 Å². The fourth-order valence-corrected chi connectivity index (χ4v) is 2.59. The van der Waals surface area contributed by atoms with Gasteiger partial charge in [-0.1, -0.05) is 24.3 Å². The summed E-state index contributed by atoms with van der Waals surface area (Å²) in [4.78, 5) is 1.08. The molecule has 0 bridgehead atoms. The second-order valence-electron chi connectivity index (χ2n) is 5.71. The Labute approximate surface area is 152 Å². The molecule has 0 radical (unpaired) electrons. The van der Waals surface area contributed by atoms with E-state index >= 15 is 0 Å². The van der Waals surface area contributed by atoms with Gasteiger partial charge in [-0.15, -0.1) is 15.0 Å². The maximum atomic E-state index is 10.6. The van der Waals surface area contributed by atoms with Gasteiger partial charge in [0, 0.05) is 6.07 Å². The highest BCUT2D eigenvalue weighted by Gasteiger charge is 2.21. The molecule has 0 amide bonds. The highest BCUT2D eigenvalue weighted by atomic mass is 16.3. The molecule has 1 heterocycles. The molecular weight excluding hydrogens is 348 g/mol. The number of anilines is 1. The third-order valence-electron chi connectivity index (χ3n) is 3.91. The smallest absolute Gasteiger partial charge is 0.176 e.